The van der Waals surface area contributed by atoms with Gasteiger partial charge in [0.15, 0.2) is 0 Å². The van der Waals surface area contributed by atoms with Gasteiger partial charge in [0, 0.05) is 35.7 Å². The lowest BCUT2D eigenvalue weighted by Crippen LogP contribution is -2.36. The van der Waals surface area contributed by atoms with Gasteiger partial charge in [0.2, 0.25) is 0 Å². The lowest BCUT2D eigenvalue weighted by molar-refractivity contribution is -0.0343. The van der Waals surface area contributed by atoms with E-state index in [9.17, 15) is 0 Å². The minimum Gasteiger partial charge on any atom is -0.496 e. The Morgan fingerprint density at radius 2 is 2.14 bits per heavy atom. The number of hydrogen-bond acceptors (Lipinski definition) is 5. The first-order chi connectivity index (χ1) is 13.3. The van der Waals surface area contributed by atoms with E-state index in [0.29, 0.717) is 11.8 Å². The first kappa shape index (κ1) is 20.1. The zero-order valence-corrected chi connectivity index (χ0v) is 18.0. The number of nitrogens with zero attached hydrogens (tertiary/aromatic N) is 1. The molecule has 0 aromatic carbocycles. The Balaban J connectivity index is 0.00000192. The third-order valence-corrected chi connectivity index (χ3v) is 8.05. The number of methoxy groups -OCH3 is 1. The molecule has 2 aromatic rings. The number of rotatable bonds is 7. The monoisotopic (exact) mass is 420 g/mol. The van der Waals surface area contributed by atoms with E-state index in [1.54, 1.807) is 18.4 Å². The normalized spacial score (nSPS) is 29.5. The summed E-state index contributed by atoms with van der Waals surface area (Å²) in [6.07, 6.45) is 8.20. The van der Waals surface area contributed by atoms with E-state index in [1.165, 1.54) is 36.3 Å². The Labute approximate surface area is 177 Å². The molecule has 2 aliphatic carbocycles. The van der Waals surface area contributed by atoms with Crippen LogP contribution in [-0.2, 0) is 16.7 Å². The van der Waals surface area contributed by atoms with E-state index >= 15 is 0 Å². The van der Waals surface area contributed by atoms with E-state index < -0.39 is 0 Å². The molecule has 1 aliphatic heterocycles. The van der Waals surface area contributed by atoms with Gasteiger partial charge in [0.05, 0.1) is 24.2 Å². The molecule has 1 N–H and O–H groups in total. The van der Waals surface area contributed by atoms with Gasteiger partial charge >= 0.3 is 0 Å². The summed E-state index contributed by atoms with van der Waals surface area (Å²) in [7, 11) is 1.74. The van der Waals surface area contributed by atoms with E-state index in [2.05, 4.69) is 22.8 Å². The number of ether oxygens (including phenoxy) is 2. The summed E-state index contributed by atoms with van der Waals surface area (Å²) in [5.41, 5.74) is 1.63. The van der Waals surface area contributed by atoms with Crippen molar-refractivity contribution in [2.75, 3.05) is 20.3 Å². The molecular weight excluding hydrogens is 392 g/mol. The van der Waals surface area contributed by atoms with Crippen molar-refractivity contribution in [1.29, 1.82) is 0 Å². The van der Waals surface area contributed by atoms with Crippen molar-refractivity contribution < 1.29 is 9.47 Å². The predicted molar refractivity (Wildman–Crippen MR) is 114 cm³/mol. The second-order valence-corrected chi connectivity index (χ2v) is 9.26. The lowest BCUT2D eigenvalue weighted by Gasteiger charge is -2.32. The summed E-state index contributed by atoms with van der Waals surface area (Å²) in [4.78, 5) is 6.08. The number of nitrogens with one attached hydrogen (secondary N) is 1. The van der Waals surface area contributed by atoms with Crippen LogP contribution >= 0.6 is 23.7 Å². The second kappa shape index (κ2) is 7.94. The van der Waals surface area contributed by atoms with Gasteiger partial charge in [-0.1, -0.05) is 18.9 Å². The Hall–Kier alpha value is -1.14. The molecule has 5 rings (SSSR count). The van der Waals surface area contributed by atoms with Crippen LogP contribution < -0.4 is 10.1 Å². The van der Waals surface area contributed by atoms with Crippen molar-refractivity contribution in [3.8, 4) is 5.75 Å². The number of aromatic nitrogens is 1. The molecule has 2 aromatic heterocycles. The summed E-state index contributed by atoms with van der Waals surface area (Å²) in [5.74, 6) is 2.29. The topological polar surface area (TPSA) is 43.4 Å². The highest BCUT2D eigenvalue weighted by Crippen LogP contribution is 2.72. The fourth-order valence-electron chi connectivity index (χ4n) is 5.97. The van der Waals surface area contributed by atoms with Crippen molar-refractivity contribution in [3.05, 3.63) is 46.4 Å². The van der Waals surface area contributed by atoms with Crippen LogP contribution in [0.15, 0.2) is 35.8 Å². The average molecular weight is 421 g/mol. The maximum Gasteiger partial charge on any atom is 0.134 e. The minimum absolute atomic E-state index is 0. The van der Waals surface area contributed by atoms with Crippen LogP contribution in [0.1, 0.15) is 42.7 Å². The molecule has 28 heavy (non-hydrogen) atoms. The van der Waals surface area contributed by atoms with E-state index in [0.717, 1.165) is 31.9 Å². The maximum absolute atomic E-state index is 6.37. The van der Waals surface area contributed by atoms with Gasteiger partial charge in [-0.15, -0.1) is 23.7 Å². The zero-order chi connectivity index (χ0) is 18.3. The predicted octanol–water partition coefficient (Wildman–Crippen LogP) is 4.58. The first-order valence-electron chi connectivity index (χ1n) is 10.2. The second-order valence-electron chi connectivity index (χ2n) is 8.26. The zero-order valence-electron chi connectivity index (χ0n) is 16.4. The largest absolute Gasteiger partial charge is 0.496 e. The van der Waals surface area contributed by atoms with Gasteiger partial charge in [-0.3, -0.25) is 4.98 Å². The molecule has 3 unspecified atom stereocenters. The fourth-order valence-corrected chi connectivity index (χ4v) is 6.78. The van der Waals surface area contributed by atoms with Crippen molar-refractivity contribution in [3.63, 3.8) is 0 Å². The fraction of sp³-hybridized carbons (Fsp3) is 0.591. The van der Waals surface area contributed by atoms with Crippen molar-refractivity contribution in [2.45, 2.75) is 49.7 Å². The van der Waals surface area contributed by atoms with Gasteiger partial charge in [-0.2, -0.15) is 0 Å². The molecule has 3 heterocycles. The summed E-state index contributed by atoms with van der Waals surface area (Å²) in [6, 6.07) is 8.45. The molecule has 0 amide bonds. The van der Waals surface area contributed by atoms with Crippen LogP contribution in [-0.4, -0.2) is 30.8 Å². The third kappa shape index (κ3) is 3.07. The molecule has 0 radical (unpaired) electrons. The maximum atomic E-state index is 6.37. The van der Waals surface area contributed by atoms with Crippen LogP contribution in [0.3, 0.4) is 0 Å². The Morgan fingerprint density at radius 3 is 2.89 bits per heavy atom. The van der Waals surface area contributed by atoms with Gasteiger partial charge in [-0.25, -0.2) is 0 Å². The van der Waals surface area contributed by atoms with Crippen LogP contribution in [0.25, 0.3) is 0 Å². The molecule has 0 bridgehead atoms. The summed E-state index contributed by atoms with van der Waals surface area (Å²) in [5, 5.41) is 5.75. The third-order valence-electron chi connectivity index (χ3n) is 7.14. The highest BCUT2D eigenvalue weighted by molar-refractivity contribution is 7.10. The molecule has 2 saturated carbocycles. The SMILES string of the molecule is COc1ccsc1CNCCC1(c2ccccn2)C2COC3(CCCC3)C21.Cl. The molecule has 6 heteroatoms. The smallest absolute Gasteiger partial charge is 0.134 e. The van der Waals surface area contributed by atoms with Gasteiger partial charge in [0.1, 0.15) is 5.75 Å². The van der Waals surface area contributed by atoms with Crippen molar-refractivity contribution >= 4 is 23.7 Å². The molecule has 1 saturated heterocycles. The Bertz CT molecular complexity index is 787. The van der Waals surface area contributed by atoms with Crippen LogP contribution in [0.5, 0.6) is 5.75 Å². The van der Waals surface area contributed by atoms with Gasteiger partial charge in [-0.05, 0) is 49.4 Å². The van der Waals surface area contributed by atoms with Crippen molar-refractivity contribution in [2.24, 2.45) is 11.8 Å². The number of fused-ring (bicyclic) bond motifs is 2. The van der Waals surface area contributed by atoms with Gasteiger partial charge < -0.3 is 14.8 Å². The highest BCUT2D eigenvalue weighted by Gasteiger charge is 2.76. The number of pyridine rings is 1. The standard InChI is InChI=1S/C22H28N2O2S.ClH/c1-25-17-7-13-27-18(17)14-23-12-10-22(19-6-2-5-11-24-19)16-15-26-21(20(16)22)8-3-4-9-21;/h2,5-7,11,13,16,20,23H,3-4,8-10,12,14-15H2,1H3;1H. The average Bonchev–Trinajstić information content (AvgIpc) is 3.16. The highest BCUT2D eigenvalue weighted by atomic mass is 35.5. The van der Waals surface area contributed by atoms with Crippen LogP contribution in [0.2, 0.25) is 0 Å². The number of halogens is 1. The molecule has 152 valence electrons. The summed E-state index contributed by atoms with van der Waals surface area (Å²) >= 11 is 1.76. The Morgan fingerprint density at radius 1 is 1.29 bits per heavy atom. The van der Waals surface area contributed by atoms with Crippen LogP contribution in [0, 0.1) is 11.8 Å². The van der Waals surface area contributed by atoms with Crippen molar-refractivity contribution in [1.82, 2.24) is 10.3 Å². The summed E-state index contributed by atoms with van der Waals surface area (Å²) < 4.78 is 11.8. The molecule has 3 fully saturated rings. The summed E-state index contributed by atoms with van der Waals surface area (Å²) in [6.45, 7) is 2.79. The van der Waals surface area contributed by atoms with E-state index in [1.807, 2.05) is 18.3 Å². The first-order valence-corrected chi connectivity index (χ1v) is 11.0. The molecule has 3 atom stereocenters. The Kier molecular flexibility index (Phi) is 5.71. The van der Waals surface area contributed by atoms with Gasteiger partial charge in [0.25, 0.3) is 0 Å². The van der Waals surface area contributed by atoms with E-state index in [4.69, 9.17) is 14.5 Å². The van der Waals surface area contributed by atoms with Crippen LogP contribution in [0.4, 0.5) is 0 Å². The molecular formula is C22H29ClN2O2S. The number of thiophene rings is 1. The number of hydrogen-bond donors (Lipinski definition) is 1. The van der Waals surface area contributed by atoms with E-state index in [-0.39, 0.29) is 23.4 Å². The molecule has 4 nitrogen and oxygen atoms in total. The quantitative estimate of drug-likeness (QED) is 0.666. The molecule has 3 aliphatic rings. The minimum atomic E-state index is 0. The molecule has 1 spiro atoms. The lowest BCUT2D eigenvalue weighted by atomic mass is 9.84.